The van der Waals surface area contributed by atoms with E-state index >= 15 is 0 Å². The Kier molecular flexibility index (Phi) is 5.78. The lowest BCUT2D eigenvalue weighted by atomic mass is 10.0. The number of aromatic amines is 1. The second-order valence-electron chi connectivity index (χ2n) is 7.27. The predicted octanol–water partition coefficient (Wildman–Crippen LogP) is 2.68. The molecule has 0 aliphatic carbocycles. The van der Waals surface area contributed by atoms with Gasteiger partial charge >= 0.3 is 0 Å². The number of benzene rings is 2. The lowest BCUT2D eigenvalue weighted by Crippen LogP contribution is -2.43. The zero-order valence-electron chi connectivity index (χ0n) is 16.8. The summed E-state index contributed by atoms with van der Waals surface area (Å²) in [5.41, 5.74) is 3.52. The summed E-state index contributed by atoms with van der Waals surface area (Å²) >= 11 is 0. The predicted molar refractivity (Wildman–Crippen MR) is 111 cm³/mol. The van der Waals surface area contributed by atoms with E-state index in [1.165, 1.54) is 0 Å². The van der Waals surface area contributed by atoms with Crippen molar-refractivity contribution in [3.63, 3.8) is 0 Å². The van der Waals surface area contributed by atoms with Crippen LogP contribution in [0.4, 0.5) is 0 Å². The standard InChI is InChI=1S/C22H26N4O3/c1-15-3-8-19-18(13-15)21(25-24-19)22(27)23-14-20(26-9-11-29-12-10-26)16-4-6-17(28-2)7-5-16/h3-8,13,20H,9-12,14H2,1-2H3,(H,23,27)(H,24,25). The van der Waals surface area contributed by atoms with Gasteiger partial charge in [-0.1, -0.05) is 23.8 Å². The second-order valence-corrected chi connectivity index (χ2v) is 7.27. The lowest BCUT2D eigenvalue weighted by molar-refractivity contribution is 0.0162. The minimum atomic E-state index is -0.173. The van der Waals surface area contributed by atoms with E-state index in [4.69, 9.17) is 9.47 Å². The molecule has 0 bridgehead atoms. The average Bonchev–Trinajstić information content (AvgIpc) is 3.18. The van der Waals surface area contributed by atoms with Gasteiger partial charge in [-0.05, 0) is 36.8 Å². The van der Waals surface area contributed by atoms with Gasteiger partial charge in [0, 0.05) is 25.0 Å². The molecule has 2 N–H and O–H groups in total. The number of carbonyl (C=O) groups is 1. The molecule has 1 saturated heterocycles. The van der Waals surface area contributed by atoms with Gasteiger partial charge in [0.05, 0.1) is 31.9 Å². The first-order chi connectivity index (χ1) is 14.2. The molecule has 4 rings (SSSR count). The summed E-state index contributed by atoms with van der Waals surface area (Å²) in [4.78, 5) is 15.2. The number of morpholine rings is 1. The number of methoxy groups -OCH3 is 1. The molecule has 29 heavy (non-hydrogen) atoms. The van der Waals surface area contributed by atoms with E-state index in [0.717, 1.165) is 40.9 Å². The summed E-state index contributed by atoms with van der Waals surface area (Å²) in [6.07, 6.45) is 0. The van der Waals surface area contributed by atoms with Crippen molar-refractivity contribution in [3.8, 4) is 5.75 Å². The van der Waals surface area contributed by atoms with Crippen LogP contribution in [0, 0.1) is 6.92 Å². The molecule has 1 aromatic heterocycles. The zero-order valence-corrected chi connectivity index (χ0v) is 16.8. The Hall–Kier alpha value is -2.90. The molecule has 1 unspecified atom stereocenters. The van der Waals surface area contributed by atoms with E-state index in [1.807, 2.05) is 37.3 Å². The van der Waals surface area contributed by atoms with Gasteiger partial charge in [0.2, 0.25) is 0 Å². The molecular weight excluding hydrogens is 368 g/mol. The van der Waals surface area contributed by atoms with Crippen LogP contribution in [0.2, 0.25) is 0 Å². The molecule has 7 nitrogen and oxygen atoms in total. The Morgan fingerprint density at radius 3 is 2.72 bits per heavy atom. The van der Waals surface area contributed by atoms with Crippen LogP contribution in [0.5, 0.6) is 5.75 Å². The number of hydrogen-bond acceptors (Lipinski definition) is 5. The van der Waals surface area contributed by atoms with E-state index in [0.29, 0.717) is 25.5 Å². The third kappa shape index (κ3) is 4.26. The minimum absolute atomic E-state index is 0.0562. The van der Waals surface area contributed by atoms with E-state index in [-0.39, 0.29) is 11.9 Å². The SMILES string of the molecule is COc1ccc(C(CNC(=O)c2n[nH]c3ccc(C)cc23)N2CCOCC2)cc1. The van der Waals surface area contributed by atoms with Crippen LogP contribution in [-0.4, -0.2) is 61.0 Å². The third-order valence-electron chi connectivity index (χ3n) is 5.38. The number of rotatable bonds is 6. The molecule has 0 spiro atoms. The zero-order chi connectivity index (χ0) is 20.2. The number of H-pyrrole nitrogens is 1. The fourth-order valence-electron chi connectivity index (χ4n) is 3.75. The molecule has 1 fully saturated rings. The van der Waals surface area contributed by atoms with Gasteiger partial charge in [-0.25, -0.2) is 0 Å². The molecule has 7 heteroatoms. The Bertz CT molecular complexity index is 977. The van der Waals surface area contributed by atoms with Gasteiger partial charge in [0.15, 0.2) is 5.69 Å². The van der Waals surface area contributed by atoms with Crippen LogP contribution >= 0.6 is 0 Å². The highest BCUT2D eigenvalue weighted by atomic mass is 16.5. The molecule has 3 aromatic rings. The van der Waals surface area contributed by atoms with Crippen LogP contribution < -0.4 is 10.1 Å². The first kappa shape index (κ1) is 19.4. The number of fused-ring (bicyclic) bond motifs is 1. The van der Waals surface area contributed by atoms with Crippen molar-refractivity contribution in [2.24, 2.45) is 0 Å². The van der Waals surface area contributed by atoms with Crippen molar-refractivity contribution in [1.29, 1.82) is 0 Å². The smallest absolute Gasteiger partial charge is 0.272 e. The maximum absolute atomic E-state index is 12.9. The number of aryl methyl sites for hydroxylation is 1. The van der Waals surface area contributed by atoms with Gasteiger partial charge < -0.3 is 14.8 Å². The number of aromatic nitrogens is 2. The van der Waals surface area contributed by atoms with Crippen molar-refractivity contribution in [2.45, 2.75) is 13.0 Å². The Labute approximate surface area is 170 Å². The number of ether oxygens (including phenoxy) is 2. The number of amides is 1. The van der Waals surface area contributed by atoms with E-state index in [9.17, 15) is 4.79 Å². The number of carbonyl (C=O) groups excluding carboxylic acids is 1. The molecule has 0 radical (unpaired) electrons. The fourth-order valence-corrected chi connectivity index (χ4v) is 3.75. The summed E-state index contributed by atoms with van der Waals surface area (Å²) in [7, 11) is 1.66. The van der Waals surface area contributed by atoms with Crippen LogP contribution in [0.1, 0.15) is 27.7 Å². The minimum Gasteiger partial charge on any atom is -0.497 e. The quantitative estimate of drug-likeness (QED) is 0.672. The molecule has 1 atom stereocenters. The first-order valence-corrected chi connectivity index (χ1v) is 9.84. The van der Waals surface area contributed by atoms with E-state index < -0.39 is 0 Å². The molecule has 2 heterocycles. The van der Waals surface area contributed by atoms with Gasteiger partial charge in [-0.2, -0.15) is 5.10 Å². The highest BCUT2D eigenvalue weighted by Gasteiger charge is 2.24. The van der Waals surface area contributed by atoms with Crippen LogP contribution in [0.25, 0.3) is 10.9 Å². The van der Waals surface area contributed by atoms with Crippen molar-refractivity contribution in [1.82, 2.24) is 20.4 Å². The van der Waals surface area contributed by atoms with Gasteiger partial charge in [-0.15, -0.1) is 0 Å². The Balaban J connectivity index is 1.53. The number of nitrogens with zero attached hydrogens (tertiary/aromatic N) is 2. The molecule has 0 saturated carbocycles. The summed E-state index contributed by atoms with van der Waals surface area (Å²) in [5, 5.41) is 11.1. The molecule has 1 aliphatic heterocycles. The van der Waals surface area contributed by atoms with Crippen molar-refractivity contribution < 1.29 is 14.3 Å². The van der Waals surface area contributed by atoms with Crippen LogP contribution in [0.15, 0.2) is 42.5 Å². The first-order valence-electron chi connectivity index (χ1n) is 9.84. The maximum Gasteiger partial charge on any atom is 0.272 e. The highest BCUT2D eigenvalue weighted by Crippen LogP contribution is 2.24. The van der Waals surface area contributed by atoms with Crippen molar-refractivity contribution >= 4 is 16.8 Å². The summed E-state index contributed by atoms with van der Waals surface area (Å²) in [5.74, 6) is 0.644. The third-order valence-corrected chi connectivity index (χ3v) is 5.38. The summed E-state index contributed by atoms with van der Waals surface area (Å²) in [6.45, 7) is 5.56. The summed E-state index contributed by atoms with van der Waals surface area (Å²) in [6, 6.07) is 14.0. The van der Waals surface area contributed by atoms with Gasteiger partial charge in [0.1, 0.15) is 5.75 Å². The number of nitrogens with one attached hydrogen (secondary N) is 2. The highest BCUT2D eigenvalue weighted by molar-refractivity contribution is 6.04. The maximum atomic E-state index is 12.9. The van der Waals surface area contributed by atoms with Crippen molar-refractivity contribution in [3.05, 3.63) is 59.3 Å². The lowest BCUT2D eigenvalue weighted by Gasteiger charge is -2.35. The Morgan fingerprint density at radius 1 is 1.24 bits per heavy atom. The number of hydrogen-bond donors (Lipinski definition) is 2. The summed E-state index contributed by atoms with van der Waals surface area (Å²) < 4.78 is 10.8. The van der Waals surface area contributed by atoms with Gasteiger partial charge in [0.25, 0.3) is 5.91 Å². The van der Waals surface area contributed by atoms with E-state index in [2.05, 4.69) is 32.5 Å². The molecule has 1 amide bonds. The molecule has 1 aliphatic rings. The average molecular weight is 394 g/mol. The molecule has 152 valence electrons. The molecular formula is C22H26N4O3. The fraction of sp³-hybridized carbons (Fsp3) is 0.364. The van der Waals surface area contributed by atoms with Gasteiger partial charge in [-0.3, -0.25) is 14.8 Å². The van der Waals surface area contributed by atoms with E-state index in [1.54, 1.807) is 7.11 Å². The van der Waals surface area contributed by atoms with Crippen LogP contribution in [0.3, 0.4) is 0 Å². The largest absolute Gasteiger partial charge is 0.497 e. The molecule has 2 aromatic carbocycles. The van der Waals surface area contributed by atoms with Crippen LogP contribution in [-0.2, 0) is 4.74 Å². The monoisotopic (exact) mass is 394 g/mol. The topological polar surface area (TPSA) is 79.5 Å². The second kappa shape index (κ2) is 8.63. The normalized spacial score (nSPS) is 15.9. The van der Waals surface area contributed by atoms with Crippen molar-refractivity contribution in [2.75, 3.05) is 40.0 Å². The Morgan fingerprint density at radius 2 is 2.00 bits per heavy atom.